The fraction of sp³-hybridized carbons (Fsp3) is 1.00. The van der Waals surface area contributed by atoms with Crippen LogP contribution in [0.2, 0.25) is 0 Å². The molecule has 19 heavy (non-hydrogen) atoms. The van der Waals surface area contributed by atoms with Gasteiger partial charge in [0.1, 0.15) is 0 Å². The van der Waals surface area contributed by atoms with Crippen LogP contribution >= 0.6 is 0 Å². The molecule has 0 aliphatic rings. The van der Waals surface area contributed by atoms with Gasteiger partial charge >= 0.3 is 0 Å². The van der Waals surface area contributed by atoms with Crippen LogP contribution in [0.25, 0.3) is 0 Å². The number of nitrogens with two attached hydrogens (primary N) is 2. The largest absolute Gasteiger partial charge is 0.396 e. The Hall–Kier alpha value is -0.200. The average Bonchev–Trinajstić information content (AvgIpc) is 2.44. The quantitative estimate of drug-likeness (QED) is 0.375. The Kier molecular flexibility index (Phi) is 14.1. The number of hydrogen-bond acceptors (Lipinski definition) is 5. The lowest BCUT2D eigenvalue weighted by Gasteiger charge is -2.25. The molecule has 0 bridgehead atoms. The lowest BCUT2D eigenvalue weighted by atomic mass is 10.1. The SMILES string of the molecule is NCCCC(CCCO)OC(CCCN)CCCO. The fourth-order valence-corrected chi connectivity index (χ4v) is 2.16. The van der Waals surface area contributed by atoms with E-state index in [0.29, 0.717) is 13.1 Å². The Morgan fingerprint density at radius 1 is 0.684 bits per heavy atom. The molecule has 2 unspecified atom stereocenters. The van der Waals surface area contributed by atoms with Crippen molar-refractivity contribution in [1.82, 2.24) is 0 Å². The molecule has 5 heteroatoms. The number of aliphatic hydroxyl groups is 2. The van der Waals surface area contributed by atoms with Crippen LogP contribution in [0, 0.1) is 0 Å². The summed E-state index contributed by atoms with van der Waals surface area (Å²) in [6.45, 7) is 1.74. The second kappa shape index (κ2) is 14.2. The number of rotatable bonds is 14. The van der Waals surface area contributed by atoms with Crippen LogP contribution in [0.5, 0.6) is 0 Å². The zero-order valence-electron chi connectivity index (χ0n) is 12.1. The summed E-state index contributed by atoms with van der Waals surface area (Å²) in [5, 5.41) is 17.9. The smallest absolute Gasteiger partial charge is 0.0580 e. The van der Waals surface area contributed by atoms with Crippen LogP contribution in [0.4, 0.5) is 0 Å². The third kappa shape index (κ3) is 11.3. The summed E-state index contributed by atoms with van der Waals surface area (Å²) in [5.41, 5.74) is 11.1. The van der Waals surface area contributed by atoms with Crippen molar-refractivity contribution in [3.8, 4) is 0 Å². The van der Waals surface area contributed by atoms with E-state index in [-0.39, 0.29) is 25.4 Å². The minimum atomic E-state index is 0.164. The number of aliphatic hydroxyl groups excluding tert-OH is 2. The van der Waals surface area contributed by atoms with Gasteiger partial charge in [-0.05, 0) is 64.5 Å². The maximum atomic E-state index is 8.93. The summed E-state index contributed by atoms with van der Waals surface area (Å²) in [7, 11) is 0. The highest BCUT2D eigenvalue weighted by Crippen LogP contribution is 2.17. The molecule has 5 nitrogen and oxygen atoms in total. The van der Waals surface area contributed by atoms with Crippen molar-refractivity contribution in [1.29, 1.82) is 0 Å². The van der Waals surface area contributed by atoms with E-state index in [1.165, 1.54) is 0 Å². The second-order valence-corrected chi connectivity index (χ2v) is 4.97. The van der Waals surface area contributed by atoms with Crippen LogP contribution in [0.15, 0.2) is 0 Å². The Balaban J connectivity index is 4.16. The summed E-state index contributed by atoms with van der Waals surface area (Å²) in [4.78, 5) is 0. The molecular weight excluding hydrogens is 244 g/mol. The molecule has 0 saturated heterocycles. The molecular formula is C14H32N2O3. The first-order chi connectivity index (χ1) is 9.28. The van der Waals surface area contributed by atoms with Crippen molar-refractivity contribution in [2.24, 2.45) is 11.5 Å². The molecule has 0 heterocycles. The van der Waals surface area contributed by atoms with Gasteiger partial charge in [0.25, 0.3) is 0 Å². The van der Waals surface area contributed by atoms with Gasteiger partial charge in [-0.2, -0.15) is 0 Å². The van der Waals surface area contributed by atoms with Gasteiger partial charge in [-0.3, -0.25) is 0 Å². The van der Waals surface area contributed by atoms with Crippen LogP contribution in [-0.4, -0.2) is 48.7 Å². The van der Waals surface area contributed by atoms with Crippen molar-refractivity contribution in [2.75, 3.05) is 26.3 Å². The van der Waals surface area contributed by atoms with Crippen LogP contribution in [0.1, 0.15) is 51.4 Å². The highest BCUT2D eigenvalue weighted by molar-refractivity contribution is 4.66. The minimum absolute atomic E-state index is 0.164. The molecule has 0 amide bonds. The van der Waals surface area contributed by atoms with Crippen molar-refractivity contribution in [3.63, 3.8) is 0 Å². The summed E-state index contributed by atoms with van der Waals surface area (Å²) in [5.74, 6) is 0. The van der Waals surface area contributed by atoms with Gasteiger partial charge in [0.15, 0.2) is 0 Å². The molecule has 0 aliphatic carbocycles. The zero-order chi connectivity index (χ0) is 14.3. The predicted octanol–water partition coefficient (Wildman–Crippen LogP) is 0.763. The predicted molar refractivity (Wildman–Crippen MR) is 77.9 cm³/mol. The zero-order valence-corrected chi connectivity index (χ0v) is 12.1. The molecule has 6 N–H and O–H groups in total. The van der Waals surface area contributed by atoms with E-state index < -0.39 is 0 Å². The molecule has 0 rings (SSSR count). The van der Waals surface area contributed by atoms with E-state index in [1.807, 2.05) is 0 Å². The molecule has 0 aliphatic heterocycles. The van der Waals surface area contributed by atoms with E-state index in [0.717, 1.165) is 51.4 Å². The fourth-order valence-electron chi connectivity index (χ4n) is 2.16. The Labute approximate surface area is 117 Å². The molecule has 2 atom stereocenters. The minimum Gasteiger partial charge on any atom is -0.396 e. The van der Waals surface area contributed by atoms with Gasteiger partial charge in [-0.1, -0.05) is 0 Å². The monoisotopic (exact) mass is 276 g/mol. The maximum Gasteiger partial charge on any atom is 0.0580 e. The lowest BCUT2D eigenvalue weighted by molar-refractivity contribution is -0.0339. The van der Waals surface area contributed by atoms with Crippen molar-refractivity contribution in [2.45, 2.75) is 63.6 Å². The third-order valence-corrected chi connectivity index (χ3v) is 3.21. The standard InChI is InChI=1S/C14H32N2O3/c15-9-1-5-13(7-3-11-17)19-14(6-2-10-16)8-4-12-18/h13-14,17-18H,1-12,15-16H2. The van der Waals surface area contributed by atoms with Crippen LogP contribution < -0.4 is 11.5 Å². The van der Waals surface area contributed by atoms with Gasteiger partial charge < -0.3 is 26.4 Å². The highest BCUT2D eigenvalue weighted by atomic mass is 16.5. The average molecular weight is 276 g/mol. The number of hydrogen-bond donors (Lipinski definition) is 4. The maximum absolute atomic E-state index is 8.93. The van der Waals surface area contributed by atoms with Crippen LogP contribution in [0.3, 0.4) is 0 Å². The third-order valence-electron chi connectivity index (χ3n) is 3.21. The molecule has 0 saturated carbocycles. The molecule has 0 aromatic carbocycles. The van der Waals surface area contributed by atoms with Crippen molar-refractivity contribution < 1.29 is 14.9 Å². The summed E-state index contributed by atoms with van der Waals surface area (Å²) in [6.07, 6.45) is 7.36. The van der Waals surface area contributed by atoms with E-state index in [4.69, 9.17) is 26.4 Å². The summed E-state index contributed by atoms with van der Waals surface area (Å²) >= 11 is 0. The van der Waals surface area contributed by atoms with E-state index in [9.17, 15) is 0 Å². The first-order valence-electron chi connectivity index (χ1n) is 7.55. The molecule has 116 valence electrons. The van der Waals surface area contributed by atoms with E-state index in [1.54, 1.807) is 0 Å². The van der Waals surface area contributed by atoms with Crippen LogP contribution in [-0.2, 0) is 4.74 Å². The van der Waals surface area contributed by atoms with E-state index >= 15 is 0 Å². The normalized spacial score (nSPS) is 14.5. The van der Waals surface area contributed by atoms with Gasteiger partial charge in [0, 0.05) is 13.2 Å². The summed E-state index contributed by atoms with van der Waals surface area (Å²) in [6, 6.07) is 0. The topological polar surface area (TPSA) is 102 Å². The Morgan fingerprint density at radius 2 is 1.05 bits per heavy atom. The van der Waals surface area contributed by atoms with Gasteiger partial charge in [0.05, 0.1) is 12.2 Å². The van der Waals surface area contributed by atoms with Crippen molar-refractivity contribution >= 4 is 0 Å². The highest BCUT2D eigenvalue weighted by Gasteiger charge is 2.16. The second-order valence-electron chi connectivity index (χ2n) is 4.97. The van der Waals surface area contributed by atoms with Crippen molar-refractivity contribution in [3.05, 3.63) is 0 Å². The first-order valence-corrected chi connectivity index (χ1v) is 7.55. The molecule has 0 aromatic rings. The first kappa shape index (κ1) is 18.8. The molecule has 0 spiro atoms. The molecule has 0 radical (unpaired) electrons. The lowest BCUT2D eigenvalue weighted by Crippen LogP contribution is -2.24. The van der Waals surface area contributed by atoms with Gasteiger partial charge in [0.2, 0.25) is 0 Å². The molecule has 0 fully saturated rings. The Bertz CT molecular complexity index is 148. The van der Waals surface area contributed by atoms with Gasteiger partial charge in [-0.15, -0.1) is 0 Å². The van der Waals surface area contributed by atoms with E-state index in [2.05, 4.69) is 0 Å². The number of ether oxygens (including phenoxy) is 1. The van der Waals surface area contributed by atoms with Gasteiger partial charge in [-0.25, -0.2) is 0 Å². The summed E-state index contributed by atoms with van der Waals surface area (Å²) < 4.78 is 6.13. The molecule has 0 aromatic heterocycles. The Morgan fingerprint density at radius 3 is 1.37 bits per heavy atom.